The molecule has 6 heteroatoms. The highest BCUT2D eigenvalue weighted by Gasteiger charge is 2.29. The summed E-state index contributed by atoms with van der Waals surface area (Å²) in [7, 11) is 0. The van der Waals surface area contributed by atoms with Gasteiger partial charge in [0.05, 0.1) is 12.7 Å². The number of carbonyl (C=O) groups excluding carboxylic acids is 1. The Labute approximate surface area is 140 Å². The number of ether oxygens (including phenoxy) is 2. The molecular formula is C16H31ClN2O3. The molecule has 0 bridgehead atoms. The summed E-state index contributed by atoms with van der Waals surface area (Å²) in [6.07, 6.45) is 5.22. The first-order valence-electron chi connectivity index (χ1n) is 8.46. The van der Waals surface area contributed by atoms with Crippen molar-refractivity contribution in [1.82, 2.24) is 10.2 Å². The van der Waals surface area contributed by atoms with Crippen molar-refractivity contribution in [2.24, 2.45) is 0 Å². The van der Waals surface area contributed by atoms with Crippen molar-refractivity contribution in [1.29, 1.82) is 0 Å². The van der Waals surface area contributed by atoms with Crippen LogP contribution in [0.25, 0.3) is 0 Å². The van der Waals surface area contributed by atoms with Crippen molar-refractivity contribution in [2.45, 2.75) is 64.2 Å². The molecule has 2 rings (SSSR count). The van der Waals surface area contributed by atoms with Crippen LogP contribution >= 0.6 is 12.4 Å². The highest BCUT2D eigenvalue weighted by atomic mass is 35.5. The third-order valence-electron chi connectivity index (χ3n) is 4.38. The van der Waals surface area contributed by atoms with Crippen LogP contribution in [0, 0.1) is 0 Å². The smallest absolute Gasteiger partial charge is 0.251 e. The molecular weight excluding hydrogens is 304 g/mol. The van der Waals surface area contributed by atoms with Crippen molar-refractivity contribution in [3.63, 3.8) is 0 Å². The van der Waals surface area contributed by atoms with Gasteiger partial charge in [-0.3, -0.25) is 4.79 Å². The molecule has 0 radical (unpaired) electrons. The van der Waals surface area contributed by atoms with E-state index in [9.17, 15) is 4.79 Å². The van der Waals surface area contributed by atoms with Crippen LogP contribution < -0.4 is 5.32 Å². The highest BCUT2D eigenvalue weighted by Crippen LogP contribution is 2.15. The predicted molar refractivity (Wildman–Crippen MR) is 89.5 cm³/mol. The molecule has 130 valence electrons. The Morgan fingerprint density at radius 3 is 2.82 bits per heavy atom. The highest BCUT2D eigenvalue weighted by molar-refractivity contribution is 5.85. The molecule has 2 heterocycles. The predicted octanol–water partition coefficient (Wildman–Crippen LogP) is 1.98. The standard InChI is InChI=1S/C16H30N2O3.ClH/c1-3-9-18(14-7-8-17-11-14)16(19)13(2)21-12-15-6-4-5-10-20-15;/h13-15,17H,3-12H2,1-2H3;1H. The van der Waals surface area contributed by atoms with E-state index >= 15 is 0 Å². The molecule has 3 unspecified atom stereocenters. The average Bonchev–Trinajstić information content (AvgIpc) is 3.04. The summed E-state index contributed by atoms with van der Waals surface area (Å²) in [6, 6.07) is 0.328. The van der Waals surface area contributed by atoms with E-state index in [4.69, 9.17) is 9.47 Å². The Hall–Kier alpha value is -0.360. The largest absolute Gasteiger partial charge is 0.376 e. The maximum atomic E-state index is 12.6. The molecule has 0 saturated carbocycles. The summed E-state index contributed by atoms with van der Waals surface area (Å²) < 4.78 is 11.4. The van der Waals surface area contributed by atoms with Crippen LogP contribution in [0.2, 0.25) is 0 Å². The molecule has 0 aromatic rings. The Morgan fingerprint density at radius 1 is 1.41 bits per heavy atom. The maximum absolute atomic E-state index is 12.6. The summed E-state index contributed by atoms with van der Waals surface area (Å²) >= 11 is 0. The lowest BCUT2D eigenvalue weighted by molar-refractivity contribution is -0.148. The normalized spacial score (nSPS) is 26.3. The molecule has 5 nitrogen and oxygen atoms in total. The molecule has 0 spiro atoms. The zero-order chi connectivity index (χ0) is 15.1. The number of nitrogens with one attached hydrogen (secondary N) is 1. The fourth-order valence-corrected chi connectivity index (χ4v) is 3.11. The molecule has 0 aliphatic carbocycles. The van der Waals surface area contributed by atoms with Crippen molar-refractivity contribution in [3.05, 3.63) is 0 Å². The van der Waals surface area contributed by atoms with Crippen LogP contribution in [0.5, 0.6) is 0 Å². The van der Waals surface area contributed by atoms with Crippen molar-refractivity contribution in [3.8, 4) is 0 Å². The van der Waals surface area contributed by atoms with Gasteiger partial charge in [-0.05, 0) is 45.6 Å². The minimum Gasteiger partial charge on any atom is -0.376 e. The fraction of sp³-hybridized carbons (Fsp3) is 0.938. The number of carbonyl (C=O) groups is 1. The van der Waals surface area contributed by atoms with E-state index in [0.717, 1.165) is 51.9 Å². The first-order valence-corrected chi connectivity index (χ1v) is 8.46. The lowest BCUT2D eigenvalue weighted by atomic mass is 10.1. The Bertz CT molecular complexity index is 319. The number of nitrogens with zero attached hydrogens (tertiary/aromatic N) is 1. The molecule has 2 aliphatic rings. The van der Waals surface area contributed by atoms with Gasteiger partial charge in [-0.15, -0.1) is 12.4 Å². The Morgan fingerprint density at radius 2 is 2.23 bits per heavy atom. The SMILES string of the molecule is CCCN(C(=O)C(C)OCC1CCCCO1)C1CCNC1.Cl. The van der Waals surface area contributed by atoms with Gasteiger partial charge in [-0.1, -0.05) is 6.92 Å². The molecule has 22 heavy (non-hydrogen) atoms. The van der Waals surface area contributed by atoms with Gasteiger partial charge in [0, 0.05) is 25.7 Å². The van der Waals surface area contributed by atoms with E-state index < -0.39 is 0 Å². The van der Waals surface area contributed by atoms with Crippen LogP contribution in [0.4, 0.5) is 0 Å². The van der Waals surface area contributed by atoms with Gasteiger partial charge in [-0.2, -0.15) is 0 Å². The number of amides is 1. The van der Waals surface area contributed by atoms with Crippen LogP contribution in [-0.2, 0) is 14.3 Å². The van der Waals surface area contributed by atoms with Gasteiger partial charge in [0.2, 0.25) is 0 Å². The Balaban J connectivity index is 0.00000242. The fourth-order valence-electron chi connectivity index (χ4n) is 3.11. The number of rotatable bonds is 7. The zero-order valence-corrected chi connectivity index (χ0v) is 14.7. The molecule has 3 atom stereocenters. The molecule has 2 aliphatic heterocycles. The lowest BCUT2D eigenvalue weighted by Crippen LogP contribution is -2.47. The average molecular weight is 335 g/mol. The lowest BCUT2D eigenvalue weighted by Gasteiger charge is -2.31. The number of hydrogen-bond acceptors (Lipinski definition) is 4. The minimum absolute atomic E-state index is 0. The van der Waals surface area contributed by atoms with Crippen molar-refractivity contribution in [2.75, 3.05) is 32.8 Å². The Kier molecular flexibility index (Phi) is 9.33. The molecule has 0 aromatic heterocycles. The van der Waals surface area contributed by atoms with Crippen molar-refractivity contribution < 1.29 is 14.3 Å². The van der Waals surface area contributed by atoms with Crippen molar-refractivity contribution >= 4 is 18.3 Å². The van der Waals surface area contributed by atoms with E-state index in [-0.39, 0.29) is 30.5 Å². The second-order valence-corrected chi connectivity index (χ2v) is 6.14. The summed E-state index contributed by atoms with van der Waals surface area (Å²) in [5.74, 6) is 0.126. The van der Waals surface area contributed by atoms with E-state index in [1.807, 2.05) is 11.8 Å². The van der Waals surface area contributed by atoms with E-state index in [1.165, 1.54) is 6.42 Å². The third kappa shape index (κ3) is 5.69. The summed E-state index contributed by atoms with van der Waals surface area (Å²) in [4.78, 5) is 14.6. The first-order chi connectivity index (χ1) is 10.2. The zero-order valence-electron chi connectivity index (χ0n) is 13.9. The minimum atomic E-state index is -0.373. The molecule has 0 aromatic carbocycles. The monoisotopic (exact) mass is 334 g/mol. The summed E-state index contributed by atoms with van der Waals surface area (Å²) in [6.45, 7) is 8.08. The first kappa shape index (κ1) is 19.7. The van der Waals surface area contributed by atoms with Gasteiger partial charge < -0.3 is 19.7 Å². The number of hydrogen-bond donors (Lipinski definition) is 1. The topological polar surface area (TPSA) is 50.8 Å². The van der Waals surface area contributed by atoms with Crippen LogP contribution in [0.15, 0.2) is 0 Å². The van der Waals surface area contributed by atoms with E-state index in [0.29, 0.717) is 12.6 Å². The third-order valence-corrected chi connectivity index (χ3v) is 4.38. The van der Waals surface area contributed by atoms with E-state index in [2.05, 4.69) is 12.2 Å². The summed E-state index contributed by atoms with van der Waals surface area (Å²) in [5, 5.41) is 3.33. The van der Waals surface area contributed by atoms with Gasteiger partial charge >= 0.3 is 0 Å². The molecule has 1 amide bonds. The number of halogens is 1. The van der Waals surface area contributed by atoms with Gasteiger partial charge in [0.1, 0.15) is 6.10 Å². The maximum Gasteiger partial charge on any atom is 0.251 e. The van der Waals surface area contributed by atoms with Crippen LogP contribution in [-0.4, -0.2) is 61.9 Å². The quantitative estimate of drug-likeness (QED) is 0.773. The molecule has 1 N–H and O–H groups in total. The molecule has 2 saturated heterocycles. The second-order valence-electron chi connectivity index (χ2n) is 6.14. The van der Waals surface area contributed by atoms with Gasteiger partial charge in [0.15, 0.2) is 0 Å². The summed E-state index contributed by atoms with van der Waals surface area (Å²) in [5.41, 5.74) is 0. The van der Waals surface area contributed by atoms with Crippen LogP contribution in [0.3, 0.4) is 0 Å². The molecule has 2 fully saturated rings. The second kappa shape index (κ2) is 10.4. The van der Waals surface area contributed by atoms with Gasteiger partial charge in [0.25, 0.3) is 5.91 Å². The van der Waals surface area contributed by atoms with Gasteiger partial charge in [-0.25, -0.2) is 0 Å². The van der Waals surface area contributed by atoms with Crippen LogP contribution in [0.1, 0.15) is 46.0 Å². The van der Waals surface area contributed by atoms with E-state index in [1.54, 1.807) is 0 Å².